The summed E-state index contributed by atoms with van der Waals surface area (Å²) in [5.41, 5.74) is 1.56. The van der Waals surface area contributed by atoms with E-state index >= 15 is 0 Å². The van der Waals surface area contributed by atoms with Crippen LogP contribution in [0.5, 0.6) is 0 Å². The maximum Gasteiger partial charge on any atom is 0.341 e. The van der Waals surface area contributed by atoms with E-state index in [9.17, 15) is 29.3 Å². The van der Waals surface area contributed by atoms with Crippen LogP contribution in [0.25, 0.3) is 0 Å². The molecule has 3 aromatic rings. The Morgan fingerprint density at radius 1 is 1.15 bits per heavy atom. The van der Waals surface area contributed by atoms with Gasteiger partial charge in [-0.25, -0.2) is 4.79 Å². The molecule has 1 atom stereocenters. The molecule has 1 aromatic heterocycles. The summed E-state index contributed by atoms with van der Waals surface area (Å²) in [4.78, 5) is 64.3. The fourth-order valence-electron chi connectivity index (χ4n) is 4.26. The average Bonchev–Trinajstić information content (AvgIpc) is 3.30. The van der Waals surface area contributed by atoms with Crippen molar-refractivity contribution < 1.29 is 28.8 Å². The van der Waals surface area contributed by atoms with Crippen LogP contribution in [0.1, 0.15) is 51.9 Å². The third kappa shape index (κ3) is 7.11. The van der Waals surface area contributed by atoms with E-state index in [1.807, 2.05) is 0 Å². The smallest absolute Gasteiger partial charge is 0.341 e. The second-order valence-electron chi connectivity index (χ2n) is 9.16. The van der Waals surface area contributed by atoms with E-state index in [1.165, 1.54) is 54.3 Å². The van der Waals surface area contributed by atoms with Crippen LogP contribution in [0.2, 0.25) is 0 Å². The van der Waals surface area contributed by atoms with E-state index in [4.69, 9.17) is 4.74 Å². The predicted octanol–water partition coefficient (Wildman–Crippen LogP) is 5.11. The number of carbonyl (C=O) groups excluding carboxylic acids is 4. The predicted molar refractivity (Wildman–Crippen MR) is 157 cm³/mol. The molecule has 2 aromatic carbocycles. The second kappa shape index (κ2) is 13.0. The molecule has 0 spiro atoms. The molecule has 11 nitrogen and oxygen atoms in total. The van der Waals surface area contributed by atoms with Crippen molar-refractivity contribution in [1.29, 1.82) is 0 Å². The van der Waals surface area contributed by atoms with Gasteiger partial charge in [0.15, 0.2) is 0 Å². The van der Waals surface area contributed by atoms with Gasteiger partial charge in [-0.05, 0) is 50.1 Å². The van der Waals surface area contributed by atoms with Crippen LogP contribution in [-0.2, 0) is 27.3 Å². The van der Waals surface area contributed by atoms with Gasteiger partial charge in [-0.1, -0.05) is 12.1 Å². The Bertz CT molecular complexity index is 1520. The molecule has 3 amide bonds. The molecule has 0 fully saturated rings. The van der Waals surface area contributed by atoms with E-state index < -0.39 is 22.0 Å². The van der Waals surface area contributed by atoms with Crippen LogP contribution >= 0.6 is 23.1 Å². The molecule has 2 N–H and O–H groups in total. The average molecular weight is 597 g/mol. The standard InChI is InChI=1S/C28H28N4O7S2/c1-4-39-28(36)24-22-11-12-31(17(3)33)15-23(22)41-27(24)30-25(34)16(2)40-21-10-6-8-19(14-21)29-26(35)18-7-5-9-20(13-18)32(37)38/h5-10,13-14,16H,4,11-12,15H2,1-3H3,(H,29,35)(H,30,34). The van der Waals surface area contributed by atoms with Gasteiger partial charge in [0.1, 0.15) is 5.00 Å². The maximum atomic E-state index is 13.2. The van der Waals surface area contributed by atoms with Gasteiger partial charge in [0.05, 0.1) is 28.9 Å². The van der Waals surface area contributed by atoms with Crippen LogP contribution in [0.4, 0.5) is 16.4 Å². The number of thioether (sulfide) groups is 1. The van der Waals surface area contributed by atoms with Gasteiger partial charge in [-0.3, -0.25) is 24.5 Å². The van der Waals surface area contributed by atoms with Gasteiger partial charge in [0.25, 0.3) is 11.6 Å². The molecule has 0 radical (unpaired) electrons. The van der Waals surface area contributed by atoms with Crippen molar-refractivity contribution in [2.75, 3.05) is 23.8 Å². The molecular weight excluding hydrogens is 568 g/mol. The summed E-state index contributed by atoms with van der Waals surface area (Å²) in [5.74, 6) is -1.39. The van der Waals surface area contributed by atoms with E-state index in [1.54, 1.807) is 43.0 Å². The Hall–Kier alpha value is -4.23. The number of carbonyl (C=O) groups is 4. The van der Waals surface area contributed by atoms with Crippen molar-refractivity contribution in [2.24, 2.45) is 0 Å². The lowest BCUT2D eigenvalue weighted by Gasteiger charge is -2.25. The molecule has 2 heterocycles. The van der Waals surface area contributed by atoms with E-state index in [0.717, 1.165) is 10.4 Å². The number of nitrogens with zero attached hydrogens (tertiary/aromatic N) is 2. The third-order valence-electron chi connectivity index (χ3n) is 6.31. The number of nitro groups is 1. The zero-order valence-corrected chi connectivity index (χ0v) is 24.2. The number of hydrogen-bond donors (Lipinski definition) is 2. The van der Waals surface area contributed by atoms with Crippen molar-refractivity contribution in [3.8, 4) is 0 Å². The van der Waals surface area contributed by atoms with Crippen LogP contribution in [0.15, 0.2) is 53.4 Å². The summed E-state index contributed by atoms with van der Waals surface area (Å²) in [7, 11) is 0. The van der Waals surface area contributed by atoms with Crippen LogP contribution < -0.4 is 10.6 Å². The van der Waals surface area contributed by atoms with Crippen molar-refractivity contribution in [3.05, 3.63) is 80.2 Å². The topological polar surface area (TPSA) is 148 Å². The van der Waals surface area contributed by atoms with Gasteiger partial charge < -0.3 is 20.3 Å². The Labute approximate surface area is 244 Å². The number of thiophene rings is 1. The first-order valence-electron chi connectivity index (χ1n) is 12.8. The van der Waals surface area contributed by atoms with Gasteiger partial charge in [-0.15, -0.1) is 23.1 Å². The van der Waals surface area contributed by atoms with Gasteiger partial charge in [0, 0.05) is 46.6 Å². The molecule has 4 rings (SSSR count). The minimum Gasteiger partial charge on any atom is -0.462 e. The molecule has 0 saturated carbocycles. The van der Waals surface area contributed by atoms with Crippen LogP contribution in [0.3, 0.4) is 0 Å². The maximum absolute atomic E-state index is 13.2. The number of hydrogen-bond acceptors (Lipinski definition) is 9. The van der Waals surface area contributed by atoms with Gasteiger partial charge in [0.2, 0.25) is 11.8 Å². The Morgan fingerprint density at radius 3 is 2.61 bits per heavy atom. The molecule has 41 heavy (non-hydrogen) atoms. The summed E-state index contributed by atoms with van der Waals surface area (Å²) in [6, 6.07) is 12.3. The van der Waals surface area contributed by atoms with Crippen molar-refractivity contribution >= 4 is 63.2 Å². The number of fused-ring (bicyclic) bond motifs is 1. The minimum absolute atomic E-state index is 0.0548. The summed E-state index contributed by atoms with van der Waals surface area (Å²) >= 11 is 2.53. The lowest BCUT2D eigenvalue weighted by Crippen LogP contribution is -2.34. The van der Waals surface area contributed by atoms with Crippen molar-refractivity contribution in [3.63, 3.8) is 0 Å². The molecule has 1 aliphatic rings. The number of non-ortho nitro benzene ring substituents is 1. The monoisotopic (exact) mass is 596 g/mol. The highest BCUT2D eigenvalue weighted by molar-refractivity contribution is 8.00. The largest absolute Gasteiger partial charge is 0.462 e. The Kier molecular flexibility index (Phi) is 9.40. The van der Waals surface area contributed by atoms with Crippen molar-refractivity contribution in [2.45, 2.75) is 43.9 Å². The number of anilines is 2. The van der Waals surface area contributed by atoms with Crippen LogP contribution in [-0.4, -0.2) is 51.9 Å². The fourth-order valence-corrected chi connectivity index (χ4v) is 6.44. The quantitative estimate of drug-likeness (QED) is 0.150. The normalized spacial score (nSPS) is 13.1. The number of esters is 1. The lowest BCUT2D eigenvalue weighted by molar-refractivity contribution is -0.384. The number of ether oxygens (including phenoxy) is 1. The first-order chi connectivity index (χ1) is 19.6. The Morgan fingerprint density at radius 2 is 1.90 bits per heavy atom. The lowest BCUT2D eigenvalue weighted by atomic mass is 10.0. The van der Waals surface area contributed by atoms with Gasteiger partial charge >= 0.3 is 5.97 Å². The fraction of sp³-hybridized carbons (Fsp3) is 0.286. The zero-order valence-electron chi connectivity index (χ0n) is 22.6. The summed E-state index contributed by atoms with van der Waals surface area (Å²) in [6.07, 6.45) is 0.495. The van der Waals surface area contributed by atoms with Gasteiger partial charge in [-0.2, -0.15) is 0 Å². The molecule has 13 heteroatoms. The SMILES string of the molecule is CCOC(=O)c1c(NC(=O)C(C)Sc2cccc(NC(=O)c3cccc([N+](=O)[O-])c3)c2)sc2c1CCN(C(C)=O)C2. The Balaban J connectivity index is 1.46. The number of nitro benzene ring substituents is 1. The highest BCUT2D eigenvalue weighted by atomic mass is 32.2. The third-order valence-corrected chi connectivity index (χ3v) is 8.54. The number of benzene rings is 2. The van der Waals surface area contributed by atoms with E-state index in [-0.39, 0.29) is 29.7 Å². The number of amides is 3. The zero-order chi connectivity index (χ0) is 29.7. The summed E-state index contributed by atoms with van der Waals surface area (Å²) < 4.78 is 5.26. The summed E-state index contributed by atoms with van der Waals surface area (Å²) in [5, 5.41) is 16.5. The number of rotatable bonds is 9. The molecular formula is C28H28N4O7S2. The molecule has 0 bridgehead atoms. The first kappa shape index (κ1) is 29.7. The van der Waals surface area contributed by atoms with E-state index in [0.29, 0.717) is 40.7 Å². The van der Waals surface area contributed by atoms with Crippen molar-refractivity contribution in [1.82, 2.24) is 4.90 Å². The molecule has 0 aliphatic carbocycles. The van der Waals surface area contributed by atoms with Crippen LogP contribution in [0, 0.1) is 10.1 Å². The molecule has 0 saturated heterocycles. The second-order valence-corrected chi connectivity index (χ2v) is 11.7. The highest BCUT2D eigenvalue weighted by Crippen LogP contribution is 2.38. The highest BCUT2D eigenvalue weighted by Gasteiger charge is 2.31. The van der Waals surface area contributed by atoms with E-state index in [2.05, 4.69) is 10.6 Å². The summed E-state index contributed by atoms with van der Waals surface area (Å²) in [6.45, 7) is 5.99. The molecule has 214 valence electrons. The first-order valence-corrected chi connectivity index (χ1v) is 14.5. The molecule has 1 aliphatic heterocycles. The molecule has 1 unspecified atom stereocenters. The minimum atomic E-state index is -0.569. The number of nitrogens with one attached hydrogen (secondary N) is 2.